The lowest BCUT2D eigenvalue weighted by atomic mass is 10.1. The fourth-order valence-corrected chi connectivity index (χ4v) is 2.58. The molecule has 0 saturated heterocycles. The van der Waals surface area contributed by atoms with E-state index in [4.69, 9.17) is 0 Å². The Labute approximate surface area is 127 Å². The largest absolute Gasteiger partial charge is 0.373 e. The number of rotatable bonds is 6. The second-order valence-corrected chi connectivity index (χ2v) is 5.11. The highest BCUT2D eigenvalue weighted by atomic mass is 15.2. The number of nitrogens with zero attached hydrogens (tertiary/aromatic N) is 3. The maximum Gasteiger partial charge on any atom is 0.141 e. The summed E-state index contributed by atoms with van der Waals surface area (Å²) in [7, 11) is 1.91. The van der Waals surface area contributed by atoms with Crippen LogP contribution in [0.2, 0.25) is 0 Å². The van der Waals surface area contributed by atoms with Gasteiger partial charge in [0.1, 0.15) is 18.0 Å². The number of benzene rings is 1. The predicted molar refractivity (Wildman–Crippen MR) is 89.4 cm³/mol. The molecule has 0 radical (unpaired) electrons. The van der Waals surface area contributed by atoms with Crippen LogP contribution in [0.25, 0.3) is 0 Å². The van der Waals surface area contributed by atoms with Crippen LogP contribution in [-0.4, -0.2) is 23.6 Å². The summed E-state index contributed by atoms with van der Waals surface area (Å²) in [5.41, 5.74) is 3.62. The first-order valence-corrected chi connectivity index (χ1v) is 7.57. The molecule has 4 nitrogen and oxygen atoms in total. The van der Waals surface area contributed by atoms with Gasteiger partial charge < -0.3 is 10.2 Å². The SMILES string of the molecule is CCCc1c(NC)ncnc1N(CC)c1cccc(C)c1. The Bertz CT molecular complexity index is 595. The third kappa shape index (κ3) is 3.32. The van der Waals surface area contributed by atoms with Crippen LogP contribution in [0.3, 0.4) is 0 Å². The van der Waals surface area contributed by atoms with E-state index < -0.39 is 0 Å². The van der Waals surface area contributed by atoms with Crippen LogP contribution in [-0.2, 0) is 6.42 Å². The van der Waals surface area contributed by atoms with Gasteiger partial charge in [-0.2, -0.15) is 0 Å². The zero-order valence-electron chi connectivity index (χ0n) is 13.3. The molecular weight excluding hydrogens is 260 g/mol. The molecule has 1 N–H and O–H groups in total. The minimum Gasteiger partial charge on any atom is -0.373 e. The van der Waals surface area contributed by atoms with Gasteiger partial charge in [-0.15, -0.1) is 0 Å². The fourth-order valence-electron chi connectivity index (χ4n) is 2.58. The third-order valence-electron chi connectivity index (χ3n) is 3.54. The number of hydrogen-bond acceptors (Lipinski definition) is 4. The Morgan fingerprint density at radius 2 is 2.00 bits per heavy atom. The van der Waals surface area contributed by atoms with Crippen molar-refractivity contribution in [3.63, 3.8) is 0 Å². The maximum absolute atomic E-state index is 4.56. The van der Waals surface area contributed by atoms with Crippen LogP contribution in [0.1, 0.15) is 31.4 Å². The lowest BCUT2D eigenvalue weighted by Gasteiger charge is -2.25. The van der Waals surface area contributed by atoms with Gasteiger partial charge in [-0.1, -0.05) is 25.5 Å². The quantitative estimate of drug-likeness (QED) is 0.872. The Hall–Kier alpha value is -2.10. The summed E-state index contributed by atoms with van der Waals surface area (Å²) in [5.74, 6) is 1.93. The number of anilines is 3. The molecule has 0 fully saturated rings. The zero-order chi connectivity index (χ0) is 15.2. The summed E-state index contributed by atoms with van der Waals surface area (Å²) >= 11 is 0. The van der Waals surface area contributed by atoms with Crippen molar-refractivity contribution in [2.45, 2.75) is 33.6 Å². The van der Waals surface area contributed by atoms with E-state index in [1.54, 1.807) is 6.33 Å². The second kappa shape index (κ2) is 7.07. The molecule has 112 valence electrons. The molecule has 0 bridgehead atoms. The van der Waals surface area contributed by atoms with Crippen LogP contribution in [0, 0.1) is 6.92 Å². The molecule has 1 heterocycles. The standard InChI is InChI=1S/C17H24N4/c1-5-8-15-16(18-4)19-12-20-17(15)21(6-2)14-10-7-9-13(3)11-14/h7,9-12H,5-6,8H2,1-4H3,(H,18,19,20). The van der Waals surface area contributed by atoms with Gasteiger partial charge in [-0.25, -0.2) is 9.97 Å². The van der Waals surface area contributed by atoms with Gasteiger partial charge in [-0.05, 0) is 38.0 Å². The van der Waals surface area contributed by atoms with Crippen molar-refractivity contribution in [1.82, 2.24) is 9.97 Å². The van der Waals surface area contributed by atoms with Crippen molar-refractivity contribution < 1.29 is 0 Å². The second-order valence-electron chi connectivity index (χ2n) is 5.11. The summed E-state index contributed by atoms with van der Waals surface area (Å²) in [6.45, 7) is 7.32. The summed E-state index contributed by atoms with van der Waals surface area (Å²) in [6, 6.07) is 8.53. The Morgan fingerprint density at radius 1 is 1.19 bits per heavy atom. The van der Waals surface area contributed by atoms with Crippen molar-refractivity contribution in [2.24, 2.45) is 0 Å². The first-order valence-electron chi connectivity index (χ1n) is 7.57. The third-order valence-corrected chi connectivity index (χ3v) is 3.54. The number of hydrogen-bond donors (Lipinski definition) is 1. The van der Waals surface area contributed by atoms with Crippen LogP contribution < -0.4 is 10.2 Å². The molecule has 2 aromatic rings. The van der Waals surface area contributed by atoms with E-state index in [1.165, 1.54) is 16.8 Å². The highest BCUT2D eigenvalue weighted by molar-refractivity contribution is 5.67. The molecule has 0 amide bonds. The average molecular weight is 284 g/mol. The molecule has 0 aliphatic carbocycles. The zero-order valence-corrected chi connectivity index (χ0v) is 13.3. The van der Waals surface area contributed by atoms with Crippen LogP contribution in [0.5, 0.6) is 0 Å². The monoisotopic (exact) mass is 284 g/mol. The molecule has 21 heavy (non-hydrogen) atoms. The highest BCUT2D eigenvalue weighted by Gasteiger charge is 2.16. The molecule has 0 saturated carbocycles. The van der Waals surface area contributed by atoms with Crippen molar-refractivity contribution in [2.75, 3.05) is 23.8 Å². The van der Waals surface area contributed by atoms with Crippen molar-refractivity contribution in [3.05, 3.63) is 41.7 Å². The summed E-state index contributed by atoms with van der Waals surface area (Å²) in [5, 5.41) is 3.18. The van der Waals surface area contributed by atoms with E-state index in [1.807, 2.05) is 7.05 Å². The number of aryl methyl sites for hydroxylation is 1. The van der Waals surface area contributed by atoms with Gasteiger partial charge in [0.2, 0.25) is 0 Å². The molecule has 2 rings (SSSR count). The van der Waals surface area contributed by atoms with Crippen LogP contribution in [0.15, 0.2) is 30.6 Å². The molecule has 0 atom stereocenters. The number of aromatic nitrogens is 2. The van der Waals surface area contributed by atoms with Gasteiger partial charge >= 0.3 is 0 Å². The van der Waals surface area contributed by atoms with E-state index in [0.717, 1.165) is 31.0 Å². The summed E-state index contributed by atoms with van der Waals surface area (Å²) < 4.78 is 0. The molecule has 0 spiro atoms. The van der Waals surface area contributed by atoms with E-state index in [-0.39, 0.29) is 0 Å². The number of nitrogens with one attached hydrogen (secondary N) is 1. The Morgan fingerprint density at radius 3 is 2.62 bits per heavy atom. The summed E-state index contributed by atoms with van der Waals surface area (Å²) in [4.78, 5) is 11.2. The minimum atomic E-state index is 0.875. The predicted octanol–water partition coefficient (Wildman–Crippen LogP) is 3.94. The highest BCUT2D eigenvalue weighted by Crippen LogP contribution is 2.30. The van der Waals surface area contributed by atoms with Gasteiger partial charge in [-0.3, -0.25) is 0 Å². The Balaban J connectivity index is 2.51. The Kier molecular flexibility index (Phi) is 5.14. The van der Waals surface area contributed by atoms with Crippen molar-refractivity contribution in [3.8, 4) is 0 Å². The molecule has 0 aliphatic rings. The van der Waals surface area contributed by atoms with Gasteiger partial charge in [0, 0.05) is 24.8 Å². The molecular formula is C17H24N4. The molecule has 1 aromatic heterocycles. The maximum atomic E-state index is 4.56. The van der Waals surface area contributed by atoms with E-state index >= 15 is 0 Å². The molecule has 0 aliphatic heterocycles. The van der Waals surface area contributed by atoms with Crippen LogP contribution >= 0.6 is 0 Å². The van der Waals surface area contributed by atoms with Crippen LogP contribution in [0.4, 0.5) is 17.3 Å². The lowest BCUT2D eigenvalue weighted by molar-refractivity contribution is 0.878. The van der Waals surface area contributed by atoms with E-state index in [0.29, 0.717) is 0 Å². The van der Waals surface area contributed by atoms with Crippen molar-refractivity contribution in [1.29, 1.82) is 0 Å². The lowest BCUT2D eigenvalue weighted by Crippen LogP contribution is -2.20. The first-order chi connectivity index (χ1) is 10.2. The molecule has 1 aromatic carbocycles. The van der Waals surface area contributed by atoms with Gasteiger partial charge in [0.25, 0.3) is 0 Å². The summed E-state index contributed by atoms with van der Waals surface area (Å²) in [6.07, 6.45) is 3.67. The molecule has 4 heteroatoms. The topological polar surface area (TPSA) is 41.1 Å². The van der Waals surface area contributed by atoms with Crippen molar-refractivity contribution >= 4 is 17.3 Å². The fraction of sp³-hybridized carbons (Fsp3) is 0.412. The van der Waals surface area contributed by atoms with Gasteiger partial charge in [0.15, 0.2) is 0 Å². The average Bonchev–Trinajstić information content (AvgIpc) is 2.50. The smallest absolute Gasteiger partial charge is 0.141 e. The van der Waals surface area contributed by atoms with E-state index in [2.05, 4.69) is 65.2 Å². The molecule has 0 unspecified atom stereocenters. The first kappa shape index (κ1) is 15.3. The normalized spacial score (nSPS) is 10.5. The van der Waals surface area contributed by atoms with E-state index in [9.17, 15) is 0 Å². The van der Waals surface area contributed by atoms with Gasteiger partial charge in [0.05, 0.1) is 0 Å². The minimum absolute atomic E-state index is 0.875.